The van der Waals surface area contributed by atoms with Crippen LogP contribution in [0.1, 0.15) is 73.6 Å². The second-order valence-corrected chi connectivity index (χ2v) is 6.88. The first-order valence-corrected chi connectivity index (χ1v) is 9.33. The molecule has 0 aromatic rings. The average molecular weight is 358 g/mol. The van der Waals surface area contributed by atoms with Crippen molar-refractivity contribution in [1.82, 2.24) is 15.5 Å². The standard InChI is InChI=1S/C7H13NO.C7H15NO.C5H11NO/c1-6(9)8-7-4-2-3-5-7;1-6(2)4-5-8-7(3)9;1-4-6(3)5(2)7/h7H,2-5H2,1H3,(H,8,9);6H,4-5H2,1-3H3,(H,8,9);4H2,1-3H3. The van der Waals surface area contributed by atoms with Gasteiger partial charge in [0.05, 0.1) is 0 Å². The van der Waals surface area contributed by atoms with Crippen molar-refractivity contribution in [3.63, 3.8) is 0 Å². The predicted molar refractivity (Wildman–Crippen MR) is 103 cm³/mol. The van der Waals surface area contributed by atoms with E-state index in [-0.39, 0.29) is 17.7 Å². The van der Waals surface area contributed by atoms with Crippen LogP contribution >= 0.6 is 0 Å². The van der Waals surface area contributed by atoms with Crippen molar-refractivity contribution in [3.05, 3.63) is 0 Å². The highest BCUT2D eigenvalue weighted by atomic mass is 16.2. The second-order valence-electron chi connectivity index (χ2n) is 6.88. The van der Waals surface area contributed by atoms with E-state index >= 15 is 0 Å². The number of nitrogens with one attached hydrogen (secondary N) is 2. The van der Waals surface area contributed by atoms with Gasteiger partial charge in [-0.05, 0) is 32.1 Å². The van der Waals surface area contributed by atoms with Gasteiger partial charge < -0.3 is 15.5 Å². The fourth-order valence-electron chi connectivity index (χ4n) is 2.12. The third-order valence-corrected chi connectivity index (χ3v) is 3.87. The first-order valence-electron chi connectivity index (χ1n) is 9.33. The number of amides is 3. The minimum absolute atomic E-state index is 0.0654. The molecule has 1 fully saturated rings. The summed E-state index contributed by atoms with van der Waals surface area (Å²) in [4.78, 5) is 32.8. The summed E-state index contributed by atoms with van der Waals surface area (Å²) in [6.45, 7) is 12.5. The Balaban J connectivity index is 0. The fourth-order valence-corrected chi connectivity index (χ4v) is 2.12. The molecule has 0 bridgehead atoms. The quantitative estimate of drug-likeness (QED) is 0.794. The Labute approximate surface area is 154 Å². The zero-order chi connectivity index (χ0) is 19.8. The van der Waals surface area contributed by atoms with Crippen molar-refractivity contribution in [2.45, 2.75) is 79.7 Å². The maximum Gasteiger partial charge on any atom is 0.219 e. The summed E-state index contributed by atoms with van der Waals surface area (Å²) in [5.74, 6) is 0.983. The number of nitrogens with zero attached hydrogens (tertiary/aromatic N) is 1. The molecule has 1 aliphatic carbocycles. The van der Waals surface area contributed by atoms with Gasteiger partial charge in [0.25, 0.3) is 0 Å². The van der Waals surface area contributed by atoms with E-state index in [0.717, 1.165) is 19.5 Å². The SMILES string of the molecule is CC(=O)NC1CCCC1.CC(=O)NCCC(C)C.CCN(C)C(C)=O. The Morgan fingerprint density at radius 1 is 1.04 bits per heavy atom. The van der Waals surface area contributed by atoms with Gasteiger partial charge in [-0.25, -0.2) is 0 Å². The van der Waals surface area contributed by atoms with Crippen molar-refractivity contribution >= 4 is 17.7 Å². The first kappa shape index (κ1) is 25.6. The topological polar surface area (TPSA) is 78.5 Å². The molecule has 0 heterocycles. The van der Waals surface area contributed by atoms with Crippen LogP contribution in [0.3, 0.4) is 0 Å². The van der Waals surface area contributed by atoms with Crippen molar-refractivity contribution in [3.8, 4) is 0 Å². The van der Waals surface area contributed by atoms with E-state index in [2.05, 4.69) is 24.5 Å². The molecule has 6 heteroatoms. The van der Waals surface area contributed by atoms with Crippen molar-refractivity contribution in [2.75, 3.05) is 20.1 Å². The van der Waals surface area contributed by atoms with Crippen LogP contribution in [-0.4, -0.2) is 48.8 Å². The average Bonchev–Trinajstić information content (AvgIpc) is 2.99. The van der Waals surface area contributed by atoms with E-state index in [9.17, 15) is 14.4 Å². The van der Waals surface area contributed by atoms with E-state index in [4.69, 9.17) is 0 Å². The molecule has 0 unspecified atom stereocenters. The Hall–Kier alpha value is -1.59. The minimum atomic E-state index is 0.0654. The van der Waals surface area contributed by atoms with Gasteiger partial charge in [0.15, 0.2) is 0 Å². The van der Waals surface area contributed by atoms with E-state index in [0.29, 0.717) is 12.0 Å². The number of rotatable bonds is 5. The molecule has 0 aliphatic heterocycles. The van der Waals surface area contributed by atoms with Crippen LogP contribution in [0.25, 0.3) is 0 Å². The Morgan fingerprint density at radius 2 is 1.56 bits per heavy atom. The molecule has 1 aliphatic rings. The first-order chi connectivity index (χ1) is 11.6. The Kier molecular flexibility index (Phi) is 16.3. The van der Waals surface area contributed by atoms with Gasteiger partial charge in [0, 0.05) is 47.0 Å². The van der Waals surface area contributed by atoms with Crippen LogP contribution < -0.4 is 10.6 Å². The van der Waals surface area contributed by atoms with Crippen molar-refractivity contribution < 1.29 is 14.4 Å². The molecule has 6 nitrogen and oxygen atoms in total. The fraction of sp³-hybridized carbons (Fsp3) is 0.842. The predicted octanol–water partition coefficient (Wildman–Crippen LogP) is 2.72. The molecule has 0 atom stereocenters. The highest BCUT2D eigenvalue weighted by molar-refractivity contribution is 5.73. The lowest BCUT2D eigenvalue weighted by molar-refractivity contribution is -0.127. The van der Waals surface area contributed by atoms with Crippen molar-refractivity contribution in [1.29, 1.82) is 0 Å². The zero-order valence-corrected chi connectivity index (χ0v) is 17.3. The second kappa shape index (κ2) is 15.9. The molecule has 148 valence electrons. The van der Waals surface area contributed by atoms with E-state index in [1.165, 1.54) is 25.7 Å². The summed E-state index contributed by atoms with van der Waals surface area (Å²) >= 11 is 0. The molecule has 0 spiro atoms. The van der Waals surface area contributed by atoms with Gasteiger partial charge in [-0.1, -0.05) is 26.7 Å². The van der Waals surface area contributed by atoms with Crippen LogP contribution in [0.4, 0.5) is 0 Å². The molecule has 1 rings (SSSR count). The highest BCUT2D eigenvalue weighted by Crippen LogP contribution is 2.17. The number of carbonyl (C=O) groups is 3. The van der Waals surface area contributed by atoms with Gasteiger partial charge in [-0.2, -0.15) is 0 Å². The van der Waals surface area contributed by atoms with Crippen LogP contribution in [0.2, 0.25) is 0 Å². The highest BCUT2D eigenvalue weighted by Gasteiger charge is 2.14. The number of hydrogen-bond acceptors (Lipinski definition) is 3. The number of hydrogen-bond donors (Lipinski definition) is 2. The smallest absolute Gasteiger partial charge is 0.219 e. The summed E-state index contributed by atoms with van der Waals surface area (Å²) in [5, 5.41) is 5.64. The molecule has 3 amide bonds. The maximum absolute atomic E-state index is 10.5. The Bertz CT molecular complexity index is 378. The molecule has 25 heavy (non-hydrogen) atoms. The third kappa shape index (κ3) is 20.4. The monoisotopic (exact) mass is 357 g/mol. The largest absolute Gasteiger partial charge is 0.356 e. The third-order valence-electron chi connectivity index (χ3n) is 3.87. The molecular formula is C19H39N3O3. The zero-order valence-electron chi connectivity index (χ0n) is 17.3. The van der Waals surface area contributed by atoms with Gasteiger partial charge in [0.2, 0.25) is 17.7 Å². The summed E-state index contributed by atoms with van der Waals surface area (Å²) in [6.07, 6.45) is 5.99. The molecule has 1 saturated carbocycles. The lowest BCUT2D eigenvalue weighted by Crippen LogP contribution is -2.30. The Morgan fingerprint density at radius 3 is 1.84 bits per heavy atom. The van der Waals surface area contributed by atoms with E-state index < -0.39 is 0 Å². The summed E-state index contributed by atoms with van der Waals surface area (Å²) in [5.41, 5.74) is 0. The van der Waals surface area contributed by atoms with Gasteiger partial charge in [-0.3, -0.25) is 14.4 Å². The molecular weight excluding hydrogens is 318 g/mol. The molecule has 0 saturated heterocycles. The van der Waals surface area contributed by atoms with Gasteiger partial charge in [0.1, 0.15) is 0 Å². The minimum Gasteiger partial charge on any atom is -0.356 e. The van der Waals surface area contributed by atoms with Crippen molar-refractivity contribution in [2.24, 2.45) is 5.92 Å². The van der Waals surface area contributed by atoms with Gasteiger partial charge >= 0.3 is 0 Å². The lowest BCUT2D eigenvalue weighted by atomic mass is 10.1. The van der Waals surface area contributed by atoms with Crippen LogP contribution in [0.5, 0.6) is 0 Å². The van der Waals surface area contributed by atoms with Crippen LogP contribution in [0.15, 0.2) is 0 Å². The normalized spacial score (nSPS) is 13.1. The van der Waals surface area contributed by atoms with Crippen LogP contribution in [0, 0.1) is 5.92 Å². The lowest BCUT2D eigenvalue weighted by Gasteiger charge is -2.09. The molecule has 0 aromatic carbocycles. The van der Waals surface area contributed by atoms with E-state index in [1.807, 2.05) is 6.92 Å². The van der Waals surface area contributed by atoms with E-state index in [1.54, 1.807) is 32.7 Å². The molecule has 0 aromatic heterocycles. The summed E-state index contributed by atoms with van der Waals surface area (Å²) < 4.78 is 0. The summed E-state index contributed by atoms with van der Waals surface area (Å²) in [7, 11) is 1.78. The maximum atomic E-state index is 10.5. The molecule has 2 N–H and O–H groups in total. The molecule has 0 radical (unpaired) electrons. The van der Waals surface area contributed by atoms with Gasteiger partial charge in [-0.15, -0.1) is 0 Å². The number of carbonyl (C=O) groups excluding carboxylic acids is 3. The van der Waals surface area contributed by atoms with Crippen LogP contribution in [-0.2, 0) is 14.4 Å². The summed E-state index contributed by atoms with van der Waals surface area (Å²) in [6, 6.07) is 0.488.